The maximum absolute atomic E-state index is 15.0. The van der Waals surface area contributed by atoms with Crippen LogP contribution >= 0.6 is 0 Å². The minimum Gasteiger partial charge on any atom is -0.482 e. The number of carbonyl (C=O) groups excluding carboxylic acids is 1. The SMILES string of the molecule is CCC(C(=O)Cc1ccc(-c2cncc(OCC(F)(F)F)c2)cc1F)c1ccnc(CS(=O)(=O)C2CC2)n1. The number of sulfone groups is 1. The summed E-state index contributed by atoms with van der Waals surface area (Å²) in [5.41, 5.74) is 1.23. The van der Waals surface area contributed by atoms with Crippen LogP contribution in [0.5, 0.6) is 5.75 Å². The number of hydrogen-bond acceptors (Lipinski definition) is 7. The highest BCUT2D eigenvalue weighted by molar-refractivity contribution is 7.91. The van der Waals surface area contributed by atoms with Gasteiger partial charge in [-0.25, -0.2) is 22.8 Å². The zero-order chi connectivity index (χ0) is 27.5. The Labute approximate surface area is 217 Å². The van der Waals surface area contributed by atoms with Gasteiger partial charge < -0.3 is 4.74 Å². The van der Waals surface area contributed by atoms with Crippen molar-refractivity contribution in [1.29, 1.82) is 0 Å². The standard InChI is InChI=1S/C26H25F4N3O4S/c1-2-21(23-7-8-32-25(33-23)14-38(35,36)20-5-6-20)24(34)11-17-4-3-16(10-22(17)27)18-9-19(13-31-12-18)37-15-26(28,29)30/h3-4,7-10,12-13,20-21H,2,5-6,11,14-15H2,1H3. The van der Waals surface area contributed by atoms with Crippen molar-refractivity contribution in [2.75, 3.05) is 6.61 Å². The van der Waals surface area contributed by atoms with E-state index in [1.807, 2.05) is 0 Å². The Bertz CT molecular complexity index is 1430. The van der Waals surface area contributed by atoms with E-state index < -0.39 is 34.4 Å². The second-order valence-electron chi connectivity index (χ2n) is 9.13. The highest BCUT2D eigenvalue weighted by Crippen LogP contribution is 2.31. The number of rotatable bonds is 11. The molecule has 2 aromatic heterocycles. The molecule has 2 heterocycles. The molecule has 1 aliphatic carbocycles. The molecule has 3 aromatic rings. The average Bonchev–Trinajstić information content (AvgIpc) is 3.71. The van der Waals surface area contributed by atoms with Gasteiger partial charge in [-0.05, 0) is 48.6 Å². The maximum atomic E-state index is 15.0. The predicted molar refractivity (Wildman–Crippen MR) is 131 cm³/mol. The van der Waals surface area contributed by atoms with Crippen LogP contribution in [-0.4, -0.2) is 47.2 Å². The van der Waals surface area contributed by atoms with E-state index in [2.05, 4.69) is 15.0 Å². The second-order valence-corrected chi connectivity index (χ2v) is 11.4. The summed E-state index contributed by atoms with van der Waals surface area (Å²) in [4.78, 5) is 25.3. The largest absolute Gasteiger partial charge is 0.482 e. The molecule has 1 saturated carbocycles. The van der Waals surface area contributed by atoms with Gasteiger partial charge in [0, 0.05) is 24.4 Å². The first-order valence-corrected chi connectivity index (χ1v) is 13.7. The van der Waals surface area contributed by atoms with Crippen LogP contribution in [0, 0.1) is 5.82 Å². The number of carbonyl (C=O) groups is 1. The first-order chi connectivity index (χ1) is 17.9. The summed E-state index contributed by atoms with van der Waals surface area (Å²) in [7, 11) is -3.33. The summed E-state index contributed by atoms with van der Waals surface area (Å²) in [5.74, 6) is -1.90. The summed E-state index contributed by atoms with van der Waals surface area (Å²) >= 11 is 0. The van der Waals surface area contributed by atoms with Crippen LogP contribution in [0.1, 0.15) is 49.2 Å². The lowest BCUT2D eigenvalue weighted by molar-refractivity contribution is -0.153. The Balaban J connectivity index is 1.47. The Hall–Kier alpha value is -3.41. The number of nitrogens with zero attached hydrogens (tertiary/aromatic N) is 3. The van der Waals surface area contributed by atoms with Crippen molar-refractivity contribution in [2.45, 2.75) is 55.7 Å². The minimum absolute atomic E-state index is 0.112. The molecule has 1 atom stereocenters. The second kappa shape index (κ2) is 11.1. The number of halogens is 4. The zero-order valence-electron chi connectivity index (χ0n) is 20.4. The molecule has 4 rings (SSSR count). The Morgan fingerprint density at radius 2 is 1.89 bits per heavy atom. The third kappa shape index (κ3) is 7.12. The van der Waals surface area contributed by atoms with Crippen LogP contribution in [0.2, 0.25) is 0 Å². The summed E-state index contributed by atoms with van der Waals surface area (Å²) in [6.45, 7) is 0.307. The molecule has 0 N–H and O–H groups in total. The maximum Gasteiger partial charge on any atom is 0.422 e. The molecule has 202 valence electrons. The number of alkyl halides is 3. The molecule has 0 aliphatic heterocycles. The van der Waals surface area contributed by atoms with Gasteiger partial charge in [0.05, 0.1) is 23.1 Å². The van der Waals surface area contributed by atoms with E-state index in [0.29, 0.717) is 36.1 Å². The van der Waals surface area contributed by atoms with Crippen molar-refractivity contribution >= 4 is 15.6 Å². The molecule has 0 amide bonds. The van der Waals surface area contributed by atoms with Crippen molar-refractivity contribution in [2.24, 2.45) is 0 Å². The van der Waals surface area contributed by atoms with Gasteiger partial charge in [-0.2, -0.15) is 13.2 Å². The van der Waals surface area contributed by atoms with E-state index in [1.165, 1.54) is 30.6 Å². The van der Waals surface area contributed by atoms with E-state index in [0.717, 1.165) is 6.20 Å². The van der Waals surface area contributed by atoms with Gasteiger partial charge in [0.25, 0.3) is 0 Å². The van der Waals surface area contributed by atoms with Crippen LogP contribution in [0.4, 0.5) is 17.6 Å². The summed E-state index contributed by atoms with van der Waals surface area (Å²) in [5, 5.41) is -0.352. The smallest absolute Gasteiger partial charge is 0.422 e. The van der Waals surface area contributed by atoms with E-state index in [1.54, 1.807) is 19.1 Å². The lowest BCUT2D eigenvalue weighted by atomic mass is 9.91. The molecule has 12 heteroatoms. The van der Waals surface area contributed by atoms with Crippen molar-refractivity contribution < 1.29 is 35.5 Å². The minimum atomic E-state index is -4.51. The fourth-order valence-electron chi connectivity index (χ4n) is 4.01. The number of pyridine rings is 1. The normalized spacial score (nSPS) is 14.8. The molecule has 0 bridgehead atoms. The molecule has 38 heavy (non-hydrogen) atoms. The van der Waals surface area contributed by atoms with Crippen molar-refractivity contribution in [3.63, 3.8) is 0 Å². The lowest BCUT2D eigenvalue weighted by Gasteiger charge is -2.15. The van der Waals surface area contributed by atoms with E-state index in [-0.39, 0.29) is 40.3 Å². The van der Waals surface area contributed by atoms with E-state index in [4.69, 9.17) is 4.74 Å². The average molecular weight is 552 g/mol. The van der Waals surface area contributed by atoms with Crippen molar-refractivity contribution in [1.82, 2.24) is 15.0 Å². The van der Waals surface area contributed by atoms with Gasteiger partial charge in [0.1, 0.15) is 28.9 Å². The van der Waals surface area contributed by atoms with Gasteiger partial charge in [0.15, 0.2) is 16.4 Å². The van der Waals surface area contributed by atoms with E-state index in [9.17, 15) is 30.8 Å². The number of Topliss-reactive ketones (excluding diaryl/α,β-unsaturated/α-hetero) is 1. The van der Waals surface area contributed by atoms with Crippen LogP contribution in [-0.2, 0) is 26.8 Å². The topological polar surface area (TPSA) is 99.1 Å². The number of benzene rings is 1. The van der Waals surface area contributed by atoms with Crippen molar-refractivity contribution in [3.8, 4) is 16.9 Å². The highest BCUT2D eigenvalue weighted by Gasteiger charge is 2.36. The molecular weight excluding hydrogens is 526 g/mol. The molecule has 1 unspecified atom stereocenters. The molecule has 1 aromatic carbocycles. The number of hydrogen-bond donors (Lipinski definition) is 0. The number of ether oxygens (including phenoxy) is 1. The van der Waals surface area contributed by atoms with Crippen LogP contribution in [0.25, 0.3) is 11.1 Å². The molecule has 0 radical (unpaired) electrons. The monoisotopic (exact) mass is 551 g/mol. The Morgan fingerprint density at radius 1 is 1.13 bits per heavy atom. The van der Waals surface area contributed by atoms with Gasteiger partial charge in [-0.3, -0.25) is 9.78 Å². The first kappa shape index (κ1) is 27.6. The summed E-state index contributed by atoms with van der Waals surface area (Å²) in [6, 6.07) is 7.04. The molecule has 0 saturated heterocycles. The molecule has 7 nitrogen and oxygen atoms in total. The Kier molecular flexibility index (Phi) is 8.10. The third-order valence-corrected chi connectivity index (χ3v) is 8.26. The molecule has 0 spiro atoms. The number of aromatic nitrogens is 3. The van der Waals surface area contributed by atoms with Gasteiger partial charge in [-0.1, -0.05) is 19.1 Å². The molecule has 1 aliphatic rings. The fraction of sp³-hybridized carbons (Fsp3) is 0.385. The predicted octanol–water partition coefficient (Wildman–Crippen LogP) is 5.00. The van der Waals surface area contributed by atoms with Gasteiger partial charge >= 0.3 is 6.18 Å². The molecular formula is C26H25F4N3O4S. The van der Waals surface area contributed by atoms with Crippen LogP contribution < -0.4 is 4.74 Å². The van der Waals surface area contributed by atoms with Gasteiger partial charge in [0.2, 0.25) is 0 Å². The third-order valence-electron chi connectivity index (χ3n) is 6.11. The Morgan fingerprint density at radius 3 is 2.55 bits per heavy atom. The van der Waals surface area contributed by atoms with E-state index >= 15 is 0 Å². The van der Waals surface area contributed by atoms with Crippen molar-refractivity contribution in [3.05, 3.63) is 71.8 Å². The lowest BCUT2D eigenvalue weighted by Crippen LogP contribution is -2.19. The highest BCUT2D eigenvalue weighted by atomic mass is 32.2. The zero-order valence-corrected chi connectivity index (χ0v) is 21.2. The fourth-order valence-corrected chi connectivity index (χ4v) is 5.60. The molecule has 1 fully saturated rings. The summed E-state index contributed by atoms with van der Waals surface area (Å²) < 4.78 is 81.5. The van der Waals surface area contributed by atoms with Crippen LogP contribution in [0.15, 0.2) is 48.9 Å². The quantitative estimate of drug-likeness (QED) is 0.309. The van der Waals surface area contributed by atoms with Crippen LogP contribution in [0.3, 0.4) is 0 Å². The van der Waals surface area contributed by atoms with Gasteiger partial charge in [-0.15, -0.1) is 0 Å². The first-order valence-electron chi connectivity index (χ1n) is 11.9. The number of ketones is 1. The summed E-state index contributed by atoms with van der Waals surface area (Å²) in [6.07, 6.45) is 0.831.